The Hall–Kier alpha value is -2.92. The average Bonchev–Trinajstić information content (AvgIpc) is 2.94. The van der Waals surface area contributed by atoms with Gasteiger partial charge in [0.15, 0.2) is 5.17 Å². The molecule has 122 valence electrons. The maximum atomic E-state index is 13.3. The molecule has 4 rings (SSSR count). The van der Waals surface area contributed by atoms with Gasteiger partial charge in [0.05, 0.1) is 10.6 Å². The quantitative estimate of drug-likeness (QED) is 0.671. The molecule has 0 atom stereocenters. The molecule has 0 aromatic heterocycles. The van der Waals surface area contributed by atoms with E-state index in [0.29, 0.717) is 15.6 Å². The summed E-state index contributed by atoms with van der Waals surface area (Å²) in [6.07, 6.45) is 1.66. The van der Waals surface area contributed by atoms with Crippen LogP contribution in [-0.4, -0.2) is 11.1 Å². The topological polar surface area (TPSA) is 41.5 Å². The molecule has 0 saturated carbocycles. The van der Waals surface area contributed by atoms with Crippen molar-refractivity contribution < 1.29 is 9.18 Å². The molecule has 0 bridgehead atoms. The first-order chi connectivity index (χ1) is 12.2. The van der Waals surface area contributed by atoms with Gasteiger partial charge in [-0.15, -0.1) is 0 Å². The van der Waals surface area contributed by atoms with Crippen LogP contribution in [0.4, 0.5) is 10.1 Å². The Labute approximate surface area is 148 Å². The summed E-state index contributed by atoms with van der Waals surface area (Å²) in [5, 5.41) is 5.40. The van der Waals surface area contributed by atoms with Crippen LogP contribution >= 0.6 is 11.8 Å². The van der Waals surface area contributed by atoms with Gasteiger partial charge in [-0.1, -0.05) is 48.5 Å². The van der Waals surface area contributed by atoms with Crippen LogP contribution in [0.3, 0.4) is 0 Å². The van der Waals surface area contributed by atoms with E-state index in [1.807, 2.05) is 42.5 Å². The molecule has 25 heavy (non-hydrogen) atoms. The lowest BCUT2D eigenvalue weighted by Crippen LogP contribution is -2.19. The lowest BCUT2D eigenvalue weighted by Gasteiger charge is -2.02. The highest BCUT2D eigenvalue weighted by molar-refractivity contribution is 8.18. The molecule has 5 heteroatoms. The lowest BCUT2D eigenvalue weighted by atomic mass is 10.1. The second-order valence-electron chi connectivity index (χ2n) is 5.54. The predicted octanol–water partition coefficient (Wildman–Crippen LogP) is 4.87. The van der Waals surface area contributed by atoms with Crippen molar-refractivity contribution in [2.45, 2.75) is 0 Å². The van der Waals surface area contributed by atoms with E-state index in [-0.39, 0.29) is 11.7 Å². The number of carbonyl (C=O) groups is 1. The number of rotatable bonds is 2. The van der Waals surface area contributed by atoms with E-state index in [9.17, 15) is 9.18 Å². The van der Waals surface area contributed by atoms with Crippen molar-refractivity contribution >= 4 is 45.4 Å². The van der Waals surface area contributed by atoms with Gasteiger partial charge in [-0.05, 0) is 47.0 Å². The first-order valence-electron chi connectivity index (χ1n) is 7.72. The minimum atomic E-state index is -0.331. The molecule has 1 fully saturated rings. The van der Waals surface area contributed by atoms with Gasteiger partial charge >= 0.3 is 0 Å². The van der Waals surface area contributed by atoms with E-state index in [2.05, 4.69) is 10.3 Å². The van der Waals surface area contributed by atoms with Crippen molar-refractivity contribution in [2.75, 3.05) is 0 Å². The van der Waals surface area contributed by atoms with Crippen molar-refractivity contribution in [2.24, 2.45) is 4.99 Å². The molecule has 1 saturated heterocycles. The van der Waals surface area contributed by atoms with E-state index < -0.39 is 0 Å². The van der Waals surface area contributed by atoms with Crippen LogP contribution in [0.15, 0.2) is 76.6 Å². The highest BCUT2D eigenvalue weighted by Crippen LogP contribution is 2.31. The van der Waals surface area contributed by atoms with E-state index in [1.54, 1.807) is 18.2 Å². The van der Waals surface area contributed by atoms with E-state index in [0.717, 1.165) is 16.5 Å². The van der Waals surface area contributed by atoms with Crippen LogP contribution in [0.2, 0.25) is 0 Å². The fraction of sp³-hybridized carbons (Fsp3) is 0. The third kappa shape index (κ3) is 3.32. The van der Waals surface area contributed by atoms with Crippen molar-refractivity contribution in [1.82, 2.24) is 5.32 Å². The summed E-state index contributed by atoms with van der Waals surface area (Å²) in [5.74, 6) is -0.560. The third-order valence-corrected chi connectivity index (χ3v) is 4.70. The predicted molar refractivity (Wildman–Crippen MR) is 101 cm³/mol. The standard InChI is InChI=1S/C20H13FN2OS/c21-15-8-3-5-13(11-15)12-18-19(24)23-20(25-18)22-17-10-4-7-14-6-1-2-9-16(14)17/h1-12H,(H,22,23,24)/b18-12-. The number of hydrogen-bond donors (Lipinski definition) is 1. The summed E-state index contributed by atoms with van der Waals surface area (Å²) in [6.45, 7) is 0. The molecule has 0 radical (unpaired) electrons. The molecule has 1 aliphatic heterocycles. The minimum Gasteiger partial charge on any atom is -0.300 e. The number of hydrogen-bond acceptors (Lipinski definition) is 3. The highest BCUT2D eigenvalue weighted by Gasteiger charge is 2.24. The third-order valence-electron chi connectivity index (χ3n) is 3.79. The van der Waals surface area contributed by atoms with Crippen molar-refractivity contribution in [3.05, 3.63) is 83.0 Å². The Bertz CT molecular complexity index is 1040. The summed E-state index contributed by atoms with van der Waals surface area (Å²) in [4.78, 5) is 17.2. The number of halogens is 1. The molecular formula is C20H13FN2OS. The number of amidine groups is 1. The van der Waals surface area contributed by atoms with Gasteiger partial charge in [0.25, 0.3) is 5.91 Å². The molecule has 3 nitrogen and oxygen atoms in total. The highest BCUT2D eigenvalue weighted by atomic mass is 32.2. The Morgan fingerprint density at radius 2 is 1.80 bits per heavy atom. The van der Waals surface area contributed by atoms with E-state index in [1.165, 1.54) is 23.9 Å². The second-order valence-corrected chi connectivity index (χ2v) is 6.57. The Morgan fingerprint density at radius 3 is 2.68 bits per heavy atom. The van der Waals surface area contributed by atoms with Crippen LogP contribution in [0, 0.1) is 5.82 Å². The number of amides is 1. The maximum absolute atomic E-state index is 13.3. The Kier molecular flexibility index (Phi) is 4.07. The van der Waals surface area contributed by atoms with Gasteiger partial charge in [0, 0.05) is 5.39 Å². The van der Waals surface area contributed by atoms with Crippen LogP contribution in [-0.2, 0) is 4.79 Å². The van der Waals surface area contributed by atoms with Gasteiger partial charge in [0.1, 0.15) is 5.82 Å². The molecule has 0 spiro atoms. The van der Waals surface area contributed by atoms with Crippen molar-refractivity contribution in [3.63, 3.8) is 0 Å². The number of nitrogens with zero attached hydrogens (tertiary/aromatic N) is 1. The van der Waals surface area contributed by atoms with Crippen LogP contribution < -0.4 is 5.32 Å². The van der Waals surface area contributed by atoms with Crippen LogP contribution in [0.5, 0.6) is 0 Å². The molecule has 3 aromatic carbocycles. The molecule has 1 aliphatic rings. The molecule has 1 amide bonds. The number of carbonyl (C=O) groups excluding carboxylic acids is 1. The maximum Gasteiger partial charge on any atom is 0.264 e. The Balaban J connectivity index is 1.67. The van der Waals surface area contributed by atoms with E-state index >= 15 is 0 Å². The summed E-state index contributed by atoms with van der Waals surface area (Å²) >= 11 is 1.25. The number of fused-ring (bicyclic) bond motifs is 1. The van der Waals surface area contributed by atoms with Crippen LogP contribution in [0.1, 0.15) is 5.56 Å². The largest absolute Gasteiger partial charge is 0.300 e. The lowest BCUT2D eigenvalue weighted by molar-refractivity contribution is -0.115. The summed E-state index contributed by atoms with van der Waals surface area (Å²) in [7, 11) is 0. The number of nitrogens with one attached hydrogen (secondary N) is 1. The van der Waals surface area contributed by atoms with Crippen molar-refractivity contribution in [1.29, 1.82) is 0 Å². The fourth-order valence-corrected chi connectivity index (χ4v) is 3.48. The molecular weight excluding hydrogens is 335 g/mol. The van der Waals surface area contributed by atoms with Crippen LogP contribution in [0.25, 0.3) is 16.8 Å². The van der Waals surface area contributed by atoms with Gasteiger partial charge in [-0.2, -0.15) is 0 Å². The summed E-state index contributed by atoms with van der Waals surface area (Å²) < 4.78 is 13.3. The zero-order valence-corrected chi connectivity index (χ0v) is 13.9. The first kappa shape index (κ1) is 15.6. The van der Waals surface area contributed by atoms with Crippen molar-refractivity contribution in [3.8, 4) is 0 Å². The second kappa shape index (κ2) is 6.53. The zero-order chi connectivity index (χ0) is 17.2. The number of aliphatic imine (C=N–C) groups is 1. The molecule has 0 aliphatic carbocycles. The summed E-state index contributed by atoms with van der Waals surface area (Å²) in [6, 6.07) is 20.0. The smallest absolute Gasteiger partial charge is 0.264 e. The normalized spacial score (nSPS) is 17.4. The van der Waals surface area contributed by atoms with Gasteiger partial charge < -0.3 is 5.32 Å². The average molecular weight is 348 g/mol. The number of thioether (sulfide) groups is 1. The SMILES string of the molecule is O=C1NC(=Nc2cccc3ccccc23)S/C1=C\c1cccc(F)c1. The first-order valence-corrected chi connectivity index (χ1v) is 8.54. The number of benzene rings is 3. The molecule has 1 heterocycles. The molecule has 3 aromatic rings. The van der Waals surface area contributed by atoms with Gasteiger partial charge in [0.2, 0.25) is 0 Å². The molecule has 0 unspecified atom stereocenters. The summed E-state index contributed by atoms with van der Waals surface area (Å²) in [5.41, 5.74) is 1.44. The van der Waals surface area contributed by atoms with E-state index in [4.69, 9.17) is 0 Å². The van der Waals surface area contributed by atoms with Gasteiger partial charge in [-0.3, -0.25) is 4.79 Å². The Morgan fingerprint density at radius 1 is 1.00 bits per heavy atom. The van der Waals surface area contributed by atoms with Gasteiger partial charge in [-0.25, -0.2) is 9.38 Å². The molecule has 1 N–H and O–H groups in total. The fourth-order valence-electron chi connectivity index (χ4n) is 2.64. The monoisotopic (exact) mass is 348 g/mol. The zero-order valence-electron chi connectivity index (χ0n) is 13.1. The minimum absolute atomic E-state index is 0.228.